The van der Waals surface area contributed by atoms with Gasteiger partial charge in [0.05, 0.1) is 17.6 Å². The Kier molecular flexibility index (Phi) is 2.34. The number of aliphatic hydroxyl groups is 1. The van der Waals surface area contributed by atoms with Crippen LogP contribution in [0.2, 0.25) is 0 Å². The number of rotatable bonds is 3. The molecule has 0 saturated heterocycles. The molecule has 0 aliphatic heterocycles. The van der Waals surface area contributed by atoms with Crippen molar-refractivity contribution >= 4 is 0 Å². The van der Waals surface area contributed by atoms with Crippen LogP contribution in [0.1, 0.15) is 11.9 Å². The van der Waals surface area contributed by atoms with Crippen molar-refractivity contribution in [3.8, 4) is 11.4 Å². The van der Waals surface area contributed by atoms with Crippen LogP contribution in [0.3, 0.4) is 0 Å². The molecule has 0 saturated carbocycles. The Morgan fingerprint density at radius 3 is 3.00 bits per heavy atom. The fraction of sp³-hybridized carbons (Fsp3) is 0.222. The maximum absolute atomic E-state index is 9.41. The normalized spacial score (nSPS) is 13.0. The second-order valence-corrected chi connectivity index (χ2v) is 3.02. The van der Waals surface area contributed by atoms with Gasteiger partial charge in [0.15, 0.2) is 0 Å². The van der Waals surface area contributed by atoms with Crippen LogP contribution in [0.5, 0.6) is 0 Å². The van der Waals surface area contributed by atoms with Gasteiger partial charge in [-0.25, -0.2) is 4.98 Å². The van der Waals surface area contributed by atoms with Gasteiger partial charge in [-0.1, -0.05) is 0 Å². The summed E-state index contributed by atoms with van der Waals surface area (Å²) >= 11 is 0. The summed E-state index contributed by atoms with van der Waals surface area (Å²) in [5.41, 5.74) is 7.10. The summed E-state index contributed by atoms with van der Waals surface area (Å²) < 4.78 is 0. The smallest absolute Gasteiger partial charge is 0.136 e. The SMILES string of the molecule is NCC(O)c1ncc(-c2ccc[nH]2)[nH]1. The molecule has 2 heterocycles. The van der Waals surface area contributed by atoms with Gasteiger partial charge in [0, 0.05) is 12.7 Å². The first-order chi connectivity index (χ1) is 6.81. The van der Waals surface area contributed by atoms with E-state index >= 15 is 0 Å². The van der Waals surface area contributed by atoms with Crippen LogP contribution in [0.4, 0.5) is 0 Å². The molecule has 1 atom stereocenters. The Morgan fingerprint density at radius 2 is 2.36 bits per heavy atom. The first-order valence-electron chi connectivity index (χ1n) is 4.38. The third-order valence-corrected chi connectivity index (χ3v) is 2.02. The molecule has 0 bridgehead atoms. The highest BCUT2D eigenvalue weighted by Crippen LogP contribution is 2.16. The van der Waals surface area contributed by atoms with E-state index in [0.29, 0.717) is 5.82 Å². The van der Waals surface area contributed by atoms with Crippen LogP contribution >= 0.6 is 0 Å². The highest BCUT2D eigenvalue weighted by Gasteiger charge is 2.10. The number of aliphatic hydroxyl groups excluding tert-OH is 1. The molecule has 0 amide bonds. The van der Waals surface area contributed by atoms with Gasteiger partial charge in [-0.3, -0.25) is 0 Å². The first-order valence-corrected chi connectivity index (χ1v) is 4.38. The van der Waals surface area contributed by atoms with Gasteiger partial charge in [-0.05, 0) is 12.1 Å². The van der Waals surface area contributed by atoms with E-state index in [4.69, 9.17) is 5.73 Å². The Balaban J connectivity index is 2.26. The molecule has 0 aliphatic rings. The van der Waals surface area contributed by atoms with Crippen molar-refractivity contribution in [3.63, 3.8) is 0 Å². The molecule has 0 radical (unpaired) electrons. The zero-order valence-electron chi connectivity index (χ0n) is 7.57. The maximum atomic E-state index is 9.41. The predicted octanol–water partition coefficient (Wildman–Crippen LogP) is 0.397. The first kappa shape index (κ1) is 8.98. The van der Waals surface area contributed by atoms with Crippen LogP contribution < -0.4 is 5.73 Å². The second-order valence-electron chi connectivity index (χ2n) is 3.02. The zero-order chi connectivity index (χ0) is 9.97. The minimum atomic E-state index is -0.723. The van der Waals surface area contributed by atoms with E-state index in [0.717, 1.165) is 11.4 Å². The van der Waals surface area contributed by atoms with E-state index < -0.39 is 6.10 Å². The number of nitrogens with one attached hydrogen (secondary N) is 2. The average molecular weight is 192 g/mol. The molecule has 0 aliphatic carbocycles. The van der Waals surface area contributed by atoms with Gasteiger partial charge in [0.25, 0.3) is 0 Å². The minimum absolute atomic E-state index is 0.164. The van der Waals surface area contributed by atoms with Crippen molar-refractivity contribution in [2.45, 2.75) is 6.10 Å². The molecule has 2 rings (SSSR count). The van der Waals surface area contributed by atoms with Crippen molar-refractivity contribution in [2.75, 3.05) is 6.54 Å². The van der Waals surface area contributed by atoms with Crippen molar-refractivity contribution in [2.24, 2.45) is 5.73 Å². The number of hydrogen-bond donors (Lipinski definition) is 4. The molecule has 2 aromatic heterocycles. The molecule has 2 aromatic rings. The molecule has 5 heteroatoms. The fourth-order valence-corrected chi connectivity index (χ4v) is 1.25. The lowest BCUT2D eigenvalue weighted by molar-refractivity contribution is 0.177. The Labute approximate surface area is 81.0 Å². The molecule has 0 fully saturated rings. The summed E-state index contributed by atoms with van der Waals surface area (Å²) in [5, 5.41) is 9.41. The van der Waals surface area contributed by atoms with Gasteiger partial charge in [0.2, 0.25) is 0 Å². The average Bonchev–Trinajstić information content (AvgIpc) is 2.86. The third kappa shape index (κ3) is 1.55. The van der Waals surface area contributed by atoms with Crippen LogP contribution in [-0.2, 0) is 0 Å². The number of imidazole rings is 1. The lowest BCUT2D eigenvalue weighted by Crippen LogP contribution is -2.12. The molecule has 74 valence electrons. The molecule has 0 spiro atoms. The number of nitrogens with two attached hydrogens (primary N) is 1. The van der Waals surface area contributed by atoms with Crippen LogP contribution in [0.25, 0.3) is 11.4 Å². The summed E-state index contributed by atoms with van der Waals surface area (Å²) in [4.78, 5) is 10.1. The quantitative estimate of drug-likeness (QED) is 0.567. The Bertz CT molecular complexity index is 393. The second kappa shape index (κ2) is 3.65. The predicted molar refractivity (Wildman–Crippen MR) is 52.4 cm³/mol. The summed E-state index contributed by atoms with van der Waals surface area (Å²) in [7, 11) is 0. The summed E-state index contributed by atoms with van der Waals surface area (Å²) in [6, 6.07) is 3.82. The molecular weight excluding hydrogens is 180 g/mol. The molecule has 14 heavy (non-hydrogen) atoms. The largest absolute Gasteiger partial charge is 0.384 e. The van der Waals surface area contributed by atoms with Gasteiger partial charge in [-0.15, -0.1) is 0 Å². The summed E-state index contributed by atoms with van der Waals surface area (Å²) in [5.74, 6) is 0.497. The van der Waals surface area contributed by atoms with E-state index in [9.17, 15) is 5.11 Å². The summed E-state index contributed by atoms with van der Waals surface area (Å²) in [6.07, 6.45) is 2.77. The number of aromatic amines is 2. The van der Waals surface area contributed by atoms with Gasteiger partial charge in [0.1, 0.15) is 11.9 Å². The van der Waals surface area contributed by atoms with Gasteiger partial charge < -0.3 is 20.8 Å². The Hall–Kier alpha value is -1.59. The highest BCUT2D eigenvalue weighted by atomic mass is 16.3. The van der Waals surface area contributed by atoms with Crippen LogP contribution in [0.15, 0.2) is 24.5 Å². The standard InChI is InChI=1S/C9H12N4O/c10-4-8(14)9-12-5-7(13-9)6-2-1-3-11-6/h1-3,5,8,11,14H,4,10H2,(H,12,13). The van der Waals surface area contributed by atoms with Gasteiger partial charge >= 0.3 is 0 Å². The molecule has 5 nitrogen and oxygen atoms in total. The lowest BCUT2D eigenvalue weighted by Gasteiger charge is -2.01. The van der Waals surface area contributed by atoms with Gasteiger partial charge in [-0.2, -0.15) is 0 Å². The van der Waals surface area contributed by atoms with Crippen molar-refractivity contribution in [1.29, 1.82) is 0 Å². The highest BCUT2D eigenvalue weighted by molar-refractivity contribution is 5.53. The van der Waals surface area contributed by atoms with Crippen molar-refractivity contribution < 1.29 is 5.11 Å². The number of hydrogen-bond acceptors (Lipinski definition) is 3. The monoisotopic (exact) mass is 192 g/mol. The molecule has 5 N–H and O–H groups in total. The minimum Gasteiger partial charge on any atom is -0.384 e. The topological polar surface area (TPSA) is 90.7 Å². The Morgan fingerprint density at radius 1 is 1.50 bits per heavy atom. The van der Waals surface area contributed by atoms with E-state index in [-0.39, 0.29) is 6.54 Å². The number of aromatic nitrogens is 3. The molecule has 1 unspecified atom stereocenters. The van der Waals surface area contributed by atoms with Crippen LogP contribution in [-0.4, -0.2) is 26.6 Å². The molecular formula is C9H12N4O. The maximum Gasteiger partial charge on any atom is 0.136 e. The van der Waals surface area contributed by atoms with E-state index in [2.05, 4.69) is 15.0 Å². The van der Waals surface area contributed by atoms with E-state index in [1.807, 2.05) is 18.3 Å². The van der Waals surface area contributed by atoms with E-state index in [1.54, 1.807) is 6.20 Å². The molecule has 0 aromatic carbocycles. The number of H-pyrrole nitrogens is 2. The lowest BCUT2D eigenvalue weighted by atomic mass is 10.3. The fourth-order valence-electron chi connectivity index (χ4n) is 1.25. The van der Waals surface area contributed by atoms with E-state index in [1.165, 1.54) is 0 Å². The van der Waals surface area contributed by atoms with Crippen LogP contribution in [0, 0.1) is 0 Å². The zero-order valence-corrected chi connectivity index (χ0v) is 7.57. The van der Waals surface area contributed by atoms with Crippen molar-refractivity contribution in [3.05, 3.63) is 30.4 Å². The number of nitrogens with zero attached hydrogens (tertiary/aromatic N) is 1. The summed E-state index contributed by atoms with van der Waals surface area (Å²) in [6.45, 7) is 0.164. The van der Waals surface area contributed by atoms with Crippen molar-refractivity contribution in [1.82, 2.24) is 15.0 Å². The third-order valence-electron chi connectivity index (χ3n) is 2.02.